The molecular weight excluding hydrogens is 514 g/mol. The number of fused-ring (bicyclic) bond motifs is 1. The molecule has 0 unspecified atom stereocenters. The van der Waals surface area contributed by atoms with Gasteiger partial charge >= 0.3 is 0 Å². The van der Waals surface area contributed by atoms with E-state index in [1.165, 1.54) is 11.3 Å². The highest BCUT2D eigenvalue weighted by Gasteiger charge is 2.16. The van der Waals surface area contributed by atoms with Gasteiger partial charge in [-0.05, 0) is 61.5 Å². The van der Waals surface area contributed by atoms with Gasteiger partial charge in [0.05, 0.1) is 32.4 Å². The average molecular weight is 540 g/mol. The van der Waals surface area contributed by atoms with Gasteiger partial charge in [0.25, 0.3) is 0 Å². The maximum Gasteiger partial charge on any atom is 0.210 e. The Balaban J connectivity index is 1.67. The third-order valence-electron chi connectivity index (χ3n) is 6.06. The highest BCUT2D eigenvalue weighted by Crippen LogP contribution is 2.38. The molecule has 39 heavy (non-hydrogen) atoms. The van der Waals surface area contributed by atoms with Gasteiger partial charge in [0.1, 0.15) is 40.4 Å². The number of hydrogen-bond donors (Lipinski definition) is 0. The van der Waals surface area contributed by atoms with Crippen molar-refractivity contribution in [1.82, 2.24) is 4.98 Å². The van der Waals surface area contributed by atoms with Gasteiger partial charge in [-0.2, -0.15) is 5.26 Å². The second-order valence-corrected chi connectivity index (χ2v) is 9.59. The zero-order valence-electron chi connectivity index (χ0n) is 21.8. The third kappa shape index (κ3) is 5.42. The molecule has 0 amide bonds. The largest absolute Gasteiger partial charge is 0.497 e. The minimum atomic E-state index is -0.0578. The van der Waals surface area contributed by atoms with Crippen LogP contribution in [0.3, 0.4) is 0 Å². The summed E-state index contributed by atoms with van der Waals surface area (Å²) < 4.78 is 28.0. The predicted molar refractivity (Wildman–Crippen MR) is 150 cm³/mol. The monoisotopic (exact) mass is 539 g/mol. The quantitative estimate of drug-likeness (QED) is 0.217. The Kier molecular flexibility index (Phi) is 7.48. The van der Waals surface area contributed by atoms with Crippen molar-refractivity contribution in [2.45, 2.75) is 6.92 Å². The van der Waals surface area contributed by atoms with E-state index < -0.39 is 0 Å². The molecule has 8 nitrogen and oxygen atoms in total. The van der Waals surface area contributed by atoms with Gasteiger partial charge in [-0.25, -0.2) is 9.98 Å². The van der Waals surface area contributed by atoms with Crippen LogP contribution < -0.4 is 24.3 Å². The number of methoxy groups -OCH3 is 3. The molecule has 0 fully saturated rings. The van der Waals surface area contributed by atoms with E-state index in [0.717, 1.165) is 32.8 Å². The molecule has 0 N–H and O–H groups in total. The molecule has 0 saturated heterocycles. The molecular formula is C30H25N3O5S. The highest BCUT2D eigenvalue weighted by molar-refractivity contribution is 7.15. The first kappa shape index (κ1) is 25.8. The lowest BCUT2D eigenvalue weighted by Gasteiger charge is -2.09. The predicted octanol–water partition coefficient (Wildman–Crippen LogP) is 6.69. The van der Waals surface area contributed by atoms with Gasteiger partial charge in [-0.15, -0.1) is 0 Å². The first-order chi connectivity index (χ1) is 19.0. The van der Waals surface area contributed by atoms with Crippen LogP contribution in [-0.2, 0) is 0 Å². The van der Waals surface area contributed by atoms with Gasteiger partial charge in [-0.3, -0.25) is 0 Å². The Morgan fingerprint density at radius 2 is 1.64 bits per heavy atom. The Morgan fingerprint density at radius 1 is 0.897 bits per heavy atom. The summed E-state index contributed by atoms with van der Waals surface area (Å²) in [5.41, 5.74) is 3.14. The standard InChI is InChI=1S/C30H25N3O5S/c1-18-29(23-11-9-21(35-3)16-28(23)36-4)33-30(39-18)32-25-17-27(19-5-7-20(34-2)8-6-19)38-26-12-10-22(15-24(25)26)37-14-13-31/h5-12,15-17H,14H2,1-4H3. The number of nitriles is 1. The zero-order chi connectivity index (χ0) is 27.4. The van der Waals surface area contributed by atoms with Crippen LogP contribution in [0.1, 0.15) is 4.88 Å². The number of aromatic nitrogens is 1. The number of aryl methyl sites for hydroxylation is 1. The van der Waals surface area contributed by atoms with Gasteiger partial charge in [0.2, 0.25) is 5.13 Å². The van der Waals surface area contributed by atoms with Crippen molar-refractivity contribution in [2.75, 3.05) is 27.9 Å². The van der Waals surface area contributed by atoms with Crippen LogP contribution in [0.15, 0.2) is 76.1 Å². The van der Waals surface area contributed by atoms with Crippen LogP contribution in [0.4, 0.5) is 5.13 Å². The summed E-state index contributed by atoms with van der Waals surface area (Å²) in [4.78, 5) is 10.8. The summed E-state index contributed by atoms with van der Waals surface area (Å²) in [6.45, 7) is 1.95. The highest BCUT2D eigenvalue weighted by atomic mass is 32.1. The average Bonchev–Trinajstić information content (AvgIpc) is 3.34. The summed E-state index contributed by atoms with van der Waals surface area (Å²) in [5.74, 6) is 3.31. The zero-order valence-corrected chi connectivity index (χ0v) is 22.7. The molecule has 196 valence electrons. The number of ether oxygens (including phenoxy) is 4. The molecule has 2 heterocycles. The van der Waals surface area contributed by atoms with E-state index >= 15 is 0 Å². The maximum absolute atomic E-state index is 8.94. The second-order valence-electron chi connectivity index (χ2n) is 8.41. The molecule has 0 atom stereocenters. The first-order valence-electron chi connectivity index (χ1n) is 12.0. The number of nitrogens with zero attached hydrogens (tertiary/aromatic N) is 3. The normalized spacial score (nSPS) is 11.3. The van der Waals surface area contributed by atoms with E-state index in [1.54, 1.807) is 27.4 Å². The summed E-state index contributed by atoms with van der Waals surface area (Å²) in [6, 6.07) is 22.5. The number of rotatable bonds is 8. The maximum atomic E-state index is 8.94. The van der Waals surface area contributed by atoms with Crippen LogP contribution in [0.25, 0.3) is 33.6 Å². The van der Waals surface area contributed by atoms with Crippen LogP contribution in [0.2, 0.25) is 0 Å². The second kappa shape index (κ2) is 11.3. The SMILES string of the molecule is COc1ccc(-c2cc(=Nc3nc(-c4ccc(OC)cc4OC)c(C)s3)c3cc(OCC#N)ccc3o2)cc1. The molecule has 0 spiro atoms. The van der Waals surface area contributed by atoms with Gasteiger partial charge in [-0.1, -0.05) is 11.3 Å². The number of thiazole rings is 1. The number of hydrogen-bond acceptors (Lipinski definition) is 9. The summed E-state index contributed by atoms with van der Waals surface area (Å²) >= 11 is 1.48. The summed E-state index contributed by atoms with van der Waals surface area (Å²) in [6.07, 6.45) is 0. The molecule has 0 aliphatic heterocycles. The molecule has 5 rings (SSSR count). The van der Waals surface area contributed by atoms with Gasteiger partial charge < -0.3 is 23.4 Å². The van der Waals surface area contributed by atoms with Crippen molar-refractivity contribution in [3.63, 3.8) is 0 Å². The van der Waals surface area contributed by atoms with Crippen LogP contribution in [0, 0.1) is 18.3 Å². The minimum absolute atomic E-state index is 0.0578. The van der Waals surface area contributed by atoms with Gasteiger partial charge in [0, 0.05) is 33.5 Å². The fourth-order valence-electron chi connectivity index (χ4n) is 4.12. The molecule has 0 bridgehead atoms. The van der Waals surface area contributed by atoms with E-state index in [2.05, 4.69) is 0 Å². The minimum Gasteiger partial charge on any atom is -0.497 e. The molecule has 3 aromatic carbocycles. The van der Waals surface area contributed by atoms with Crippen molar-refractivity contribution < 1.29 is 23.4 Å². The van der Waals surface area contributed by atoms with Crippen molar-refractivity contribution in [2.24, 2.45) is 4.99 Å². The molecule has 0 aliphatic carbocycles. The molecule has 0 radical (unpaired) electrons. The van der Waals surface area contributed by atoms with E-state index in [-0.39, 0.29) is 6.61 Å². The fourth-order valence-corrected chi connectivity index (χ4v) is 4.93. The lowest BCUT2D eigenvalue weighted by atomic mass is 10.1. The van der Waals surface area contributed by atoms with Crippen molar-refractivity contribution in [3.05, 3.63) is 77.0 Å². The molecule has 9 heteroatoms. The lowest BCUT2D eigenvalue weighted by Crippen LogP contribution is -2.04. The fraction of sp³-hybridized carbons (Fsp3) is 0.167. The van der Waals surface area contributed by atoms with Crippen LogP contribution in [-0.4, -0.2) is 32.9 Å². The van der Waals surface area contributed by atoms with Gasteiger partial charge in [0.15, 0.2) is 6.61 Å². The topological polar surface area (TPSA) is 99.1 Å². The van der Waals surface area contributed by atoms with Crippen LogP contribution >= 0.6 is 11.3 Å². The Labute approximate surface area is 229 Å². The van der Waals surface area contributed by atoms with Crippen molar-refractivity contribution >= 4 is 27.4 Å². The Morgan fingerprint density at radius 3 is 2.36 bits per heavy atom. The third-order valence-corrected chi connectivity index (χ3v) is 6.92. The first-order valence-corrected chi connectivity index (χ1v) is 12.8. The van der Waals surface area contributed by atoms with E-state index in [4.69, 9.17) is 38.6 Å². The molecule has 0 saturated carbocycles. The molecule has 2 aromatic heterocycles. The summed E-state index contributed by atoms with van der Waals surface area (Å²) in [5, 5.41) is 10.9. The van der Waals surface area contributed by atoms with E-state index in [1.807, 2.05) is 73.7 Å². The van der Waals surface area contributed by atoms with E-state index in [9.17, 15) is 0 Å². The molecule has 5 aromatic rings. The number of benzene rings is 3. The smallest absolute Gasteiger partial charge is 0.210 e. The molecule has 0 aliphatic rings. The Bertz CT molecular complexity index is 1750. The van der Waals surface area contributed by atoms with Crippen LogP contribution in [0.5, 0.6) is 23.0 Å². The van der Waals surface area contributed by atoms with Crippen molar-refractivity contribution in [3.8, 4) is 51.6 Å². The van der Waals surface area contributed by atoms with E-state index in [0.29, 0.717) is 39.1 Å². The summed E-state index contributed by atoms with van der Waals surface area (Å²) in [7, 11) is 4.87. The lowest BCUT2D eigenvalue weighted by molar-refractivity contribution is 0.368. The Hall–Kier alpha value is -4.81. The van der Waals surface area contributed by atoms with Crippen molar-refractivity contribution in [1.29, 1.82) is 5.26 Å².